The van der Waals surface area contributed by atoms with Gasteiger partial charge in [0.15, 0.2) is 0 Å². The molecule has 0 aromatic rings. The number of urea groups is 1. The molecule has 1 rings (SSSR count). The SMILES string of the molecule is COC(CNC(=O)N1CCNCC1)CC(=O)O. The number of carboxylic acids is 1. The van der Waals surface area contributed by atoms with E-state index in [2.05, 4.69) is 10.6 Å². The molecule has 0 aliphatic carbocycles. The summed E-state index contributed by atoms with van der Waals surface area (Å²) in [5, 5.41) is 14.4. The lowest BCUT2D eigenvalue weighted by molar-refractivity contribution is -0.139. The van der Waals surface area contributed by atoms with Crippen LogP contribution in [0.2, 0.25) is 0 Å². The molecule has 0 aromatic heterocycles. The van der Waals surface area contributed by atoms with Crippen molar-refractivity contribution in [2.24, 2.45) is 0 Å². The van der Waals surface area contributed by atoms with Crippen molar-refractivity contribution < 1.29 is 19.4 Å². The fraction of sp³-hybridized carbons (Fsp3) is 0.800. The van der Waals surface area contributed by atoms with E-state index < -0.39 is 12.1 Å². The average Bonchev–Trinajstić information content (AvgIpc) is 2.34. The van der Waals surface area contributed by atoms with Crippen LogP contribution < -0.4 is 10.6 Å². The van der Waals surface area contributed by atoms with Crippen LogP contribution in [0.25, 0.3) is 0 Å². The molecule has 1 fully saturated rings. The number of hydrogen-bond donors (Lipinski definition) is 3. The molecule has 1 unspecified atom stereocenters. The fourth-order valence-electron chi connectivity index (χ4n) is 1.61. The van der Waals surface area contributed by atoms with Gasteiger partial charge in [0.2, 0.25) is 0 Å². The van der Waals surface area contributed by atoms with E-state index in [-0.39, 0.29) is 19.0 Å². The van der Waals surface area contributed by atoms with Crippen LogP contribution in [0, 0.1) is 0 Å². The van der Waals surface area contributed by atoms with E-state index in [1.807, 2.05) is 0 Å². The Bertz CT molecular complexity index is 266. The predicted octanol–water partition coefficient (Wildman–Crippen LogP) is -0.909. The summed E-state index contributed by atoms with van der Waals surface area (Å²) in [6.45, 7) is 3.13. The van der Waals surface area contributed by atoms with Gasteiger partial charge in [-0.25, -0.2) is 4.79 Å². The summed E-state index contributed by atoms with van der Waals surface area (Å²) in [6.07, 6.45) is -0.599. The highest BCUT2D eigenvalue weighted by molar-refractivity contribution is 5.74. The fourth-order valence-corrected chi connectivity index (χ4v) is 1.61. The summed E-state index contributed by atoms with van der Waals surface area (Å²) in [7, 11) is 1.44. The van der Waals surface area contributed by atoms with E-state index in [0.717, 1.165) is 13.1 Å². The lowest BCUT2D eigenvalue weighted by Crippen LogP contribution is -2.51. The number of carbonyl (C=O) groups excluding carboxylic acids is 1. The largest absolute Gasteiger partial charge is 0.481 e. The van der Waals surface area contributed by atoms with Crippen molar-refractivity contribution in [3.05, 3.63) is 0 Å². The van der Waals surface area contributed by atoms with Crippen molar-refractivity contribution in [1.29, 1.82) is 0 Å². The van der Waals surface area contributed by atoms with Crippen LogP contribution in [0.5, 0.6) is 0 Å². The first-order valence-corrected chi connectivity index (χ1v) is 5.61. The molecule has 1 saturated heterocycles. The van der Waals surface area contributed by atoms with Gasteiger partial charge in [0.25, 0.3) is 0 Å². The maximum Gasteiger partial charge on any atom is 0.317 e. The van der Waals surface area contributed by atoms with Gasteiger partial charge in [-0.05, 0) is 0 Å². The molecule has 2 amide bonds. The van der Waals surface area contributed by atoms with E-state index in [0.29, 0.717) is 13.1 Å². The van der Waals surface area contributed by atoms with Gasteiger partial charge in [-0.2, -0.15) is 0 Å². The number of methoxy groups -OCH3 is 1. The third-order valence-corrected chi connectivity index (χ3v) is 2.62. The highest BCUT2D eigenvalue weighted by Gasteiger charge is 2.18. The van der Waals surface area contributed by atoms with Gasteiger partial charge in [-0.15, -0.1) is 0 Å². The Balaban J connectivity index is 2.27. The number of hydrogen-bond acceptors (Lipinski definition) is 4. The van der Waals surface area contributed by atoms with Crippen LogP contribution >= 0.6 is 0 Å². The lowest BCUT2D eigenvalue weighted by Gasteiger charge is -2.28. The van der Waals surface area contributed by atoms with Crippen molar-refractivity contribution in [1.82, 2.24) is 15.5 Å². The van der Waals surface area contributed by atoms with Crippen molar-refractivity contribution in [2.75, 3.05) is 39.8 Å². The highest BCUT2D eigenvalue weighted by atomic mass is 16.5. The minimum absolute atomic E-state index is 0.113. The third kappa shape index (κ3) is 5.01. The summed E-state index contributed by atoms with van der Waals surface area (Å²) in [5.41, 5.74) is 0. The third-order valence-electron chi connectivity index (χ3n) is 2.62. The molecule has 0 spiro atoms. The summed E-state index contributed by atoms with van der Waals surface area (Å²) in [4.78, 5) is 23.9. The average molecular weight is 245 g/mol. The number of nitrogens with one attached hydrogen (secondary N) is 2. The predicted molar refractivity (Wildman–Crippen MR) is 60.9 cm³/mol. The van der Waals surface area contributed by atoms with Crippen molar-refractivity contribution in [3.8, 4) is 0 Å². The Morgan fingerprint density at radius 3 is 2.65 bits per heavy atom. The number of ether oxygens (including phenoxy) is 1. The molecular weight excluding hydrogens is 226 g/mol. The number of carboxylic acid groups (broad SMARTS) is 1. The van der Waals surface area contributed by atoms with E-state index >= 15 is 0 Å². The van der Waals surface area contributed by atoms with Crippen LogP contribution in [0.3, 0.4) is 0 Å². The van der Waals surface area contributed by atoms with Crippen molar-refractivity contribution in [2.45, 2.75) is 12.5 Å². The standard InChI is InChI=1S/C10H19N3O4/c1-17-8(6-9(14)15)7-12-10(16)13-4-2-11-3-5-13/h8,11H,2-7H2,1H3,(H,12,16)(H,14,15). The molecule has 1 atom stereocenters. The number of rotatable bonds is 5. The Morgan fingerprint density at radius 2 is 2.12 bits per heavy atom. The molecule has 0 saturated carbocycles. The lowest BCUT2D eigenvalue weighted by atomic mass is 10.2. The zero-order valence-electron chi connectivity index (χ0n) is 9.94. The van der Waals surface area contributed by atoms with E-state index in [9.17, 15) is 9.59 Å². The Morgan fingerprint density at radius 1 is 1.47 bits per heavy atom. The van der Waals surface area contributed by atoms with Gasteiger partial charge in [0.05, 0.1) is 12.5 Å². The molecule has 7 nitrogen and oxygen atoms in total. The topological polar surface area (TPSA) is 90.9 Å². The zero-order chi connectivity index (χ0) is 12.7. The number of aliphatic carboxylic acids is 1. The molecule has 17 heavy (non-hydrogen) atoms. The number of piperazine rings is 1. The minimum Gasteiger partial charge on any atom is -0.481 e. The molecule has 0 radical (unpaired) electrons. The molecule has 7 heteroatoms. The summed E-state index contributed by atoms with van der Waals surface area (Å²) < 4.78 is 4.97. The van der Waals surface area contributed by atoms with Crippen LogP contribution in [0.15, 0.2) is 0 Å². The van der Waals surface area contributed by atoms with Crippen LogP contribution in [-0.2, 0) is 9.53 Å². The Kier molecular flexibility index (Phi) is 5.71. The summed E-state index contributed by atoms with van der Waals surface area (Å²) in [5.74, 6) is -0.937. The molecule has 1 aliphatic heterocycles. The molecular formula is C10H19N3O4. The molecule has 1 aliphatic rings. The van der Waals surface area contributed by atoms with Crippen LogP contribution in [0.4, 0.5) is 4.79 Å². The molecule has 98 valence electrons. The minimum atomic E-state index is -0.937. The maximum absolute atomic E-state index is 11.7. The van der Waals surface area contributed by atoms with Crippen LogP contribution in [-0.4, -0.2) is 67.9 Å². The molecule has 1 heterocycles. The van der Waals surface area contributed by atoms with Gasteiger partial charge in [0, 0.05) is 39.8 Å². The van der Waals surface area contributed by atoms with Crippen molar-refractivity contribution in [3.63, 3.8) is 0 Å². The Hall–Kier alpha value is -1.34. The highest BCUT2D eigenvalue weighted by Crippen LogP contribution is 1.97. The molecule has 0 bridgehead atoms. The second-order valence-electron chi connectivity index (χ2n) is 3.88. The van der Waals surface area contributed by atoms with Gasteiger partial charge >= 0.3 is 12.0 Å². The van der Waals surface area contributed by atoms with E-state index in [1.165, 1.54) is 7.11 Å². The first kappa shape index (κ1) is 13.7. The van der Waals surface area contributed by atoms with Gasteiger partial charge in [0.1, 0.15) is 0 Å². The van der Waals surface area contributed by atoms with Gasteiger partial charge in [-0.1, -0.05) is 0 Å². The second kappa shape index (κ2) is 7.08. The number of carbonyl (C=O) groups is 2. The first-order chi connectivity index (χ1) is 8.13. The monoisotopic (exact) mass is 245 g/mol. The smallest absolute Gasteiger partial charge is 0.317 e. The quantitative estimate of drug-likeness (QED) is 0.583. The summed E-state index contributed by atoms with van der Waals surface area (Å²) >= 11 is 0. The zero-order valence-corrected chi connectivity index (χ0v) is 9.94. The normalized spacial score (nSPS) is 17.6. The van der Waals surface area contributed by atoms with Crippen molar-refractivity contribution >= 4 is 12.0 Å². The second-order valence-corrected chi connectivity index (χ2v) is 3.88. The number of nitrogens with zero attached hydrogens (tertiary/aromatic N) is 1. The molecule has 3 N–H and O–H groups in total. The number of amides is 2. The molecule has 0 aromatic carbocycles. The Labute approximate surface area is 100 Å². The van der Waals surface area contributed by atoms with Gasteiger partial charge in [-0.3, -0.25) is 4.79 Å². The van der Waals surface area contributed by atoms with Gasteiger partial charge < -0.3 is 25.4 Å². The van der Waals surface area contributed by atoms with E-state index in [1.54, 1.807) is 4.90 Å². The first-order valence-electron chi connectivity index (χ1n) is 5.61. The van der Waals surface area contributed by atoms with E-state index in [4.69, 9.17) is 9.84 Å². The van der Waals surface area contributed by atoms with Crippen LogP contribution in [0.1, 0.15) is 6.42 Å². The maximum atomic E-state index is 11.7. The summed E-state index contributed by atoms with van der Waals surface area (Å²) in [6, 6.07) is -0.168.